The van der Waals surface area contributed by atoms with E-state index in [1.54, 1.807) is 36.6 Å². The van der Waals surface area contributed by atoms with Crippen molar-refractivity contribution < 1.29 is 23.1 Å². The van der Waals surface area contributed by atoms with Gasteiger partial charge >= 0.3 is 0 Å². The van der Waals surface area contributed by atoms with Gasteiger partial charge in [-0.05, 0) is 30.3 Å². The molecule has 1 saturated heterocycles. The largest absolute Gasteiger partial charge is 0.459 e. The summed E-state index contributed by atoms with van der Waals surface area (Å²) in [6, 6.07) is 8.84. The number of furan rings is 1. The lowest BCUT2D eigenvalue weighted by molar-refractivity contribution is 0.0618. The third kappa shape index (κ3) is 3.20. The summed E-state index contributed by atoms with van der Waals surface area (Å²) in [6.45, 7) is 3.46. The fourth-order valence-corrected chi connectivity index (χ4v) is 3.33. The van der Waals surface area contributed by atoms with Crippen molar-refractivity contribution in [1.82, 2.24) is 20.0 Å². The van der Waals surface area contributed by atoms with E-state index in [9.17, 15) is 4.79 Å². The van der Waals surface area contributed by atoms with Crippen LogP contribution in [0, 0.1) is 0 Å². The fourth-order valence-electron chi connectivity index (χ4n) is 3.33. The van der Waals surface area contributed by atoms with Crippen LogP contribution >= 0.6 is 0 Å². The Balaban J connectivity index is 1.18. The molecule has 0 saturated carbocycles. The molecule has 0 unspecified atom stereocenters. The van der Waals surface area contributed by atoms with E-state index in [-0.39, 0.29) is 12.7 Å². The Hall–Kier alpha value is -3.33. The second-order valence-electron chi connectivity index (χ2n) is 6.61. The van der Waals surface area contributed by atoms with Crippen LogP contribution in [0.1, 0.15) is 16.2 Å². The third-order valence-electron chi connectivity index (χ3n) is 4.84. The highest BCUT2D eigenvalue weighted by atomic mass is 16.7. The minimum Gasteiger partial charge on any atom is -0.459 e. The molecule has 1 aromatic carbocycles. The first-order valence-electron chi connectivity index (χ1n) is 9.04. The van der Waals surface area contributed by atoms with Gasteiger partial charge in [0.2, 0.25) is 12.7 Å². The Morgan fingerprint density at radius 2 is 1.89 bits per heavy atom. The van der Waals surface area contributed by atoms with E-state index in [4.69, 9.17) is 18.3 Å². The van der Waals surface area contributed by atoms with E-state index in [2.05, 4.69) is 15.1 Å². The van der Waals surface area contributed by atoms with E-state index in [1.165, 1.54) is 0 Å². The van der Waals surface area contributed by atoms with Crippen LogP contribution in [0.25, 0.3) is 11.7 Å². The number of carbonyl (C=O) groups excluding carboxylic acids is 1. The highest BCUT2D eigenvalue weighted by Gasteiger charge is 2.25. The summed E-state index contributed by atoms with van der Waals surface area (Å²) in [6.07, 6.45) is 1.57. The maximum Gasteiger partial charge on any atom is 0.283 e. The van der Waals surface area contributed by atoms with Gasteiger partial charge in [-0.2, -0.15) is 0 Å². The van der Waals surface area contributed by atoms with Crippen molar-refractivity contribution in [2.75, 3.05) is 33.0 Å². The van der Waals surface area contributed by atoms with E-state index < -0.39 is 0 Å². The molecule has 9 heteroatoms. The van der Waals surface area contributed by atoms with Gasteiger partial charge in [-0.25, -0.2) is 0 Å². The van der Waals surface area contributed by atoms with E-state index in [1.807, 2.05) is 4.90 Å². The molecule has 5 rings (SSSR count). The average molecular weight is 382 g/mol. The number of amides is 1. The predicted molar refractivity (Wildman–Crippen MR) is 95.7 cm³/mol. The summed E-state index contributed by atoms with van der Waals surface area (Å²) >= 11 is 0. The Kier molecular flexibility index (Phi) is 4.21. The topological polar surface area (TPSA) is 94.1 Å². The number of rotatable bonds is 4. The molecule has 2 aromatic heterocycles. The molecular formula is C19H18N4O5. The summed E-state index contributed by atoms with van der Waals surface area (Å²) in [5.74, 6) is 2.75. The summed E-state index contributed by atoms with van der Waals surface area (Å²) in [7, 11) is 0. The first kappa shape index (κ1) is 16.8. The number of ether oxygens (including phenoxy) is 2. The van der Waals surface area contributed by atoms with Crippen molar-refractivity contribution in [1.29, 1.82) is 0 Å². The van der Waals surface area contributed by atoms with Crippen molar-refractivity contribution in [3.05, 3.63) is 48.0 Å². The summed E-state index contributed by atoms with van der Waals surface area (Å²) in [4.78, 5) is 16.8. The number of nitrogens with zero attached hydrogens (tertiary/aromatic N) is 4. The molecule has 28 heavy (non-hydrogen) atoms. The van der Waals surface area contributed by atoms with Gasteiger partial charge in [0.25, 0.3) is 11.8 Å². The van der Waals surface area contributed by atoms with Crippen molar-refractivity contribution in [2.45, 2.75) is 6.54 Å². The van der Waals surface area contributed by atoms with Gasteiger partial charge in [-0.1, -0.05) is 0 Å². The molecule has 2 aliphatic heterocycles. The Morgan fingerprint density at radius 3 is 2.71 bits per heavy atom. The van der Waals surface area contributed by atoms with Gasteiger partial charge in [-0.3, -0.25) is 9.69 Å². The quantitative estimate of drug-likeness (QED) is 0.676. The fraction of sp³-hybridized carbons (Fsp3) is 0.316. The van der Waals surface area contributed by atoms with E-state index >= 15 is 0 Å². The Morgan fingerprint density at radius 1 is 1.04 bits per heavy atom. The lowest BCUT2D eigenvalue weighted by Crippen LogP contribution is -2.48. The molecule has 144 valence electrons. The second-order valence-corrected chi connectivity index (χ2v) is 6.61. The molecule has 0 aliphatic carbocycles. The van der Waals surface area contributed by atoms with Crippen LogP contribution < -0.4 is 9.47 Å². The predicted octanol–water partition coefficient (Wildman–Crippen LogP) is 2.02. The smallest absolute Gasteiger partial charge is 0.283 e. The van der Waals surface area contributed by atoms with E-state index in [0.29, 0.717) is 54.2 Å². The average Bonchev–Trinajstić information content (AvgIpc) is 3.48. The summed E-state index contributed by atoms with van der Waals surface area (Å²) < 4.78 is 21.6. The normalized spacial score (nSPS) is 16.5. The van der Waals surface area contributed by atoms with Gasteiger partial charge in [-0.15, -0.1) is 10.2 Å². The number of piperazine rings is 1. The van der Waals surface area contributed by atoms with E-state index in [0.717, 1.165) is 13.1 Å². The van der Waals surface area contributed by atoms with Crippen LogP contribution in [0.15, 0.2) is 45.4 Å². The molecule has 0 N–H and O–H groups in total. The van der Waals surface area contributed by atoms with Gasteiger partial charge in [0, 0.05) is 31.7 Å². The van der Waals surface area contributed by atoms with Gasteiger partial charge < -0.3 is 23.2 Å². The lowest BCUT2D eigenvalue weighted by atomic mass is 10.1. The van der Waals surface area contributed by atoms with Crippen LogP contribution in [-0.2, 0) is 6.54 Å². The lowest BCUT2D eigenvalue weighted by Gasteiger charge is -2.34. The molecule has 3 aromatic rings. The number of aromatic nitrogens is 2. The number of fused-ring (bicyclic) bond motifs is 1. The van der Waals surface area contributed by atoms with Crippen molar-refractivity contribution >= 4 is 5.91 Å². The number of benzene rings is 1. The molecule has 9 nitrogen and oxygen atoms in total. The Bertz CT molecular complexity index is 976. The Labute approximate surface area is 160 Å². The number of hydrogen-bond donors (Lipinski definition) is 0. The van der Waals surface area contributed by atoms with Crippen LogP contribution in [0.5, 0.6) is 11.5 Å². The molecule has 0 bridgehead atoms. The second kappa shape index (κ2) is 7.01. The molecule has 0 spiro atoms. The van der Waals surface area contributed by atoms with Crippen molar-refractivity contribution in [3.63, 3.8) is 0 Å². The van der Waals surface area contributed by atoms with Gasteiger partial charge in [0.05, 0.1) is 12.8 Å². The first-order chi connectivity index (χ1) is 13.8. The number of carbonyl (C=O) groups is 1. The zero-order valence-corrected chi connectivity index (χ0v) is 15.0. The molecule has 1 amide bonds. The standard InChI is InChI=1S/C19H18N4O5/c24-19(13-3-4-14-16(10-13)27-12-26-14)23-7-5-22(6-8-23)11-17-20-21-18(28-17)15-2-1-9-25-15/h1-4,9-10H,5-8,11-12H2. The number of hydrogen-bond acceptors (Lipinski definition) is 8. The third-order valence-corrected chi connectivity index (χ3v) is 4.84. The zero-order chi connectivity index (χ0) is 18.9. The monoisotopic (exact) mass is 382 g/mol. The SMILES string of the molecule is O=C(c1ccc2c(c1)OCO2)N1CCN(Cc2nnc(-c3ccco3)o2)CC1. The van der Waals surface area contributed by atoms with Crippen molar-refractivity contribution in [3.8, 4) is 23.1 Å². The molecule has 1 fully saturated rings. The van der Waals surface area contributed by atoms with Crippen LogP contribution in [0.4, 0.5) is 0 Å². The molecule has 4 heterocycles. The van der Waals surface area contributed by atoms with Crippen molar-refractivity contribution in [2.24, 2.45) is 0 Å². The molecule has 2 aliphatic rings. The zero-order valence-electron chi connectivity index (χ0n) is 15.0. The summed E-state index contributed by atoms with van der Waals surface area (Å²) in [5.41, 5.74) is 0.609. The van der Waals surface area contributed by atoms with Crippen LogP contribution in [0.3, 0.4) is 0 Å². The van der Waals surface area contributed by atoms with Crippen LogP contribution in [-0.4, -0.2) is 58.9 Å². The summed E-state index contributed by atoms with van der Waals surface area (Å²) in [5, 5.41) is 8.09. The van der Waals surface area contributed by atoms with Crippen LogP contribution in [0.2, 0.25) is 0 Å². The maximum atomic E-state index is 12.8. The molecule has 0 radical (unpaired) electrons. The van der Waals surface area contributed by atoms with Gasteiger partial charge in [0.1, 0.15) is 0 Å². The minimum atomic E-state index is -0.00385. The molecule has 0 atom stereocenters. The minimum absolute atomic E-state index is 0.00385. The highest BCUT2D eigenvalue weighted by molar-refractivity contribution is 5.95. The first-order valence-corrected chi connectivity index (χ1v) is 9.04. The highest BCUT2D eigenvalue weighted by Crippen LogP contribution is 2.32. The molecular weight excluding hydrogens is 364 g/mol. The van der Waals surface area contributed by atoms with Gasteiger partial charge in [0.15, 0.2) is 17.3 Å². The maximum absolute atomic E-state index is 12.8.